The second-order valence-electron chi connectivity index (χ2n) is 30.5. The summed E-state index contributed by atoms with van der Waals surface area (Å²) in [6.45, 7) is 28.2. The predicted octanol–water partition coefficient (Wildman–Crippen LogP) is 12.4. The molecule has 0 unspecified atom stereocenters. The maximum atomic E-state index is 16.3. The number of likely N-dealkylation sites (N-methyl/N-ethyl adjacent to an activating group) is 1. The first-order chi connectivity index (χ1) is 49.0. The van der Waals surface area contributed by atoms with Gasteiger partial charge in [0, 0.05) is 29.8 Å². The zero-order chi connectivity index (χ0) is 77.9. The number of nitrogens with zero attached hydrogens (tertiary/aromatic N) is 2. The first-order valence-corrected chi connectivity index (χ1v) is 40.8. The number of fused-ring (bicyclic) bond motifs is 15. The van der Waals surface area contributed by atoms with Crippen LogP contribution in [0.3, 0.4) is 0 Å². The van der Waals surface area contributed by atoms with E-state index in [1.54, 1.807) is 32.9 Å². The Morgan fingerprint density at radius 1 is 0.610 bits per heavy atom. The molecular formula is C75H96Cl2N8O18Si2. The van der Waals surface area contributed by atoms with Gasteiger partial charge in [-0.3, -0.25) is 33.7 Å². The second-order valence-corrected chi connectivity index (χ2v) is 40.8. The Bertz CT molecular complexity index is 4220. The van der Waals surface area contributed by atoms with Crippen LogP contribution in [0.4, 0.5) is 4.79 Å². The lowest BCUT2D eigenvalue weighted by molar-refractivity contribution is -0.146. The van der Waals surface area contributed by atoms with Gasteiger partial charge in [0.25, 0.3) is 0 Å². The fraction of sp³-hybridized carbons (Fsp3) is 0.480. The van der Waals surface area contributed by atoms with Gasteiger partial charge in [-0.15, -0.1) is 0 Å². The van der Waals surface area contributed by atoms with Crippen molar-refractivity contribution in [1.82, 2.24) is 36.8 Å². The largest absolute Gasteiger partial charge is 0.497 e. The SMILES string of the molecule is COC(=O)[C@H]1NC(=O)[C@H]2NC(=O)[C@H](NC(=O)[C@@H]3NC(=O)[C@H](CC#N)NC(=O)[C@H](NC(=O)[C@@H](CC(C)C)N(C)C(=O)OC(C)(C)C)[C@H](O[Si](C)(C)C(C)(C)C)c4ccc(c(Cl)c4)Oc4cc3cc(c4OC)Oc3ccc(cc3Cl)[C@H]2O[Si](C)(C)C(C)(C)C)c2ccc(OC)c(c2)-c2c(OC)cc(OC)cc21. The molecule has 0 spiro atoms. The summed E-state index contributed by atoms with van der Waals surface area (Å²) in [5.41, 5.74) is -0.195. The Morgan fingerprint density at radius 2 is 1.14 bits per heavy atom. The summed E-state index contributed by atoms with van der Waals surface area (Å²) in [6, 6.07) is 9.02. The van der Waals surface area contributed by atoms with E-state index < -0.39 is 141 Å². The van der Waals surface area contributed by atoms with Crippen LogP contribution in [-0.2, 0) is 51.9 Å². The number of amides is 7. The highest BCUT2D eigenvalue weighted by Crippen LogP contribution is 2.51. The molecule has 105 heavy (non-hydrogen) atoms. The Morgan fingerprint density at radius 3 is 1.65 bits per heavy atom. The molecule has 0 fully saturated rings. The van der Waals surface area contributed by atoms with Crippen LogP contribution in [0.1, 0.15) is 147 Å². The molecule has 566 valence electrons. The van der Waals surface area contributed by atoms with Gasteiger partial charge in [0.15, 0.2) is 34.2 Å². The number of nitrogens with one attached hydrogen (secondary N) is 6. The Kier molecular flexibility index (Phi) is 25.1. The highest BCUT2D eigenvalue weighted by atomic mass is 35.5. The number of carbonyl (C=O) groups excluding carboxylic acids is 8. The van der Waals surface area contributed by atoms with Crippen molar-refractivity contribution in [1.29, 1.82) is 5.26 Å². The summed E-state index contributed by atoms with van der Waals surface area (Å²) < 4.78 is 62.9. The minimum absolute atomic E-state index is 0.0238. The fourth-order valence-corrected chi connectivity index (χ4v) is 14.7. The normalized spacial score (nSPS) is 20.5. The molecule has 0 radical (unpaired) electrons. The lowest BCUT2D eigenvalue weighted by atomic mass is 9.89. The van der Waals surface area contributed by atoms with Gasteiger partial charge >= 0.3 is 12.1 Å². The minimum atomic E-state index is -3.11. The lowest BCUT2D eigenvalue weighted by Gasteiger charge is -2.42. The van der Waals surface area contributed by atoms with Crippen LogP contribution in [0.15, 0.2) is 78.9 Å². The summed E-state index contributed by atoms with van der Waals surface area (Å²) in [7, 11) is 1.81. The average Bonchev–Trinajstić information content (AvgIpc) is 0.762. The topological polar surface area (TPSA) is 328 Å². The van der Waals surface area contributed by atoms with E-state index in [2.05, 4.69) is 31.9 Å². The van der Waals surface area contributed by atoms with Crippen LogP contribution >= 0.6 is 23.2 Å². The first-order valence-electron chi connectivity index (χ1n) is 34.2. The summed E-state index contributed by atoms with van der Waals surface area (Å²) in [4.78, 5) is 125. The Labute approximate surface area is 625 Å². The third kappa shape index (κ3) is 18.2. The van der Waals surface area contributed by atoms with E-state index in [4.69, 9.17) is 69.9 Å². The average molecular weight is 1520 g/mol. The zero-order valence-corrected chi connectivity index (χ0v) is 66.7. The van der Waals surface area contributed by atoms with Gasteiger partial charge in [-0.1, -0.05) is 96.8 Å². The van der Waals surface area contributed by atoms with Crippen LogP contribution in [0.2, 0.25) is 46.3 Å². The molecule has 26 nitrogen and oxygen atoms in total. The third-order valence-corrected chi connectivity index (χ3v) is 28.9. The van der Waals surface area contributed by atoms with Gasteiger partial charge in [-0.05, 0) is 146 Å². The zero-order valence-electron chi connectivity index (χ0n) is 63.2. The van der Waals surface area contributed by atoms with E-state index in [-0.39, 0.29) is 107 Å². The van der Waals surface area contributed by atoms with Gasteiger partial charge in [0.05, 0.1) is 70.3 Å². The molecule has 0 aliphatic carbocycles. The molecule has 5 aromatic carbocycles. The number of rotatable bonds is 15. The van der Waals surface area contributed by atoms with Crippen molar-refractivity contribution in [3.63, 3.8) is 0 Å². The fourth-order valence-electron chi connectivity index (χ4n) is 11.7. The molecule has 9 atom stereocenters. The molecular weight excluding hydrogens is 1430 g/mol. The molecule has 5 heterocycles. The molecule has 11 bridgehead atoms. The molecule has 30 heteroatoms. The summed E-state index contributed by atoms with van der Waals surface area (Å²) in [5, 5.41) is 26.4. The number of halogens is 2. The molecule has 10 rings (SSSR count). The number of carbonyl (C=O) groups is 8. The van der Waals surface area contributed by atoms with E-state index in [1.807, 2.05) is 87.6 Å². The third-order valence-electron chi connectivity index (χ3n) is 19.4. The number of hydrogen-bond acceptors (Lipinski definition) is 19. The van der Waals surface area contributed by atoms with Gasteiger partial charge in [0.2, 0.25) is 41.2 Å². The molecule has 0 saturated carbocycles. The first kappa shape index (κ1) is 81.6. The van der Waals surface area contributed by atoms with Crippen molar-refractivity contribution in [2.45, 2.75) is 185 Å². The second kappa shape index (κ2) is 32.3. The van der Waals surface area contributed by atoms with Crippen LogP contribution in [0.5, 0.6) is 46.0 Å². The van der Waals surface area contributed by atoms with E-state index in [0.29, 0.717) is 0 Å². The number of hydrogen-bond donors (Lipinski definition) is 6. The highest BCUT2D eigenvalue weighted by molar-refractivity contribution is 6.74. The molecule has 6 N–H and O–H groups in total. The molecule has 0 saturated heterocycles. The highest BCUT2D eigenvalue weighted by Gasteiger charge is 2.49. The number of methoxy groups -OCH3 is 5. The van der Waals surface area contributed by atoms with Crippen molar-refractivity contribution in [2.24, 2.45) is 5.92 Å². The van der Waals surface area contributed by atoms with Gasteiger partial charge in [-0.25, -0.2) is 9.59 Å². The summed E-state index contributed by atoms with van der Waals surface area (Å²) >= 11 is 14.7. The summed E-state index contributed by atoms with van der Waals surface area (Å²) in [5.74, 6) is -7.44. The smallest absolute Gasteiger partial charge is 0.410 e. The van der Waals surface area contributed by atoms with Crippen LogP contribution in [0, 0.1) is 17.2 Å². The molecule has 5 aromatic rings. The van der Waals surface area contributed by atoms with Gasteiger partial charge in [-0.2, -0.15) is 5.26 Å². The van der Waals surface area contributed by atoms with Crippen LogP contribution < -0.4 is 60.3 Å². The van der Waals surface area contributed by atoms with E-state index >= 15 is 28.8 Å². The van der Waals surface area contributed by atoms with Crippen molar-refractivity contribution < 1.29 is 85.1 Å². The number of esters is 1. The van der Waals surface area contributed by atoms with E-state index in [9.17, 15) is 14.9 Å². The van der Waals surface area contributed by atoms with E-state index in [0.717, 1.165) is 12.0 Å². The minimum Gasteiger partial charge on any atom is -0.497 e. The van der Waals surface area contributed by atoms with E-state index in [1.165, 1.54) is 102 Å². The van der Waals surface area contributed by atoms with Crippen molar-refractivity contribution in [2.75, 3.05) is 42.6 Å². The standard InChI is InChI=1S/C75H96Cl2N8O18Si2/c1-38(2)30-49(85(12)72(93)101-73(3,4)5)66(87)83-60-62(102-104(18,19)74(6,7)8)40-23-26-51(46(76)32-40)99-54-34-42-35-55(64(54)97-16)100-52-27-24-41(33-47(52)77)63(103-105(20,21)75(9,10)11)61-70(91)82-59(71(92)98-17)45-36-43(94-13)37-53(96-15)56(45)44-31-39(22-25-50(44)95-14)57(67(88)84-61)81-68(89)58(42)80-65(86)48(28-29-78)79-69(60)90/h22-27,31-38,48-49,57-63H,28,30H2,1-21H3,(H,79,90)(H,80,86)(H,81,89)(H,82,91)(H,83,87)(H,84,88)/t48-,49+,57+,58+,59-,60+,61-,62+,63+/m0/s1. The van der Waals surface area contributed by atoms with Crippen LogP contribution in [-0.4, -0.2) is 141 Å². The summed E-state index contributed by atoms with van der Waals surface area (Å²) in [6.07, 6.45) is -4.40. The maximum Gasteiger partial charge on any atom is 0.410 e. The quantitative estimate of drug-likeness (QED) is 0.0419. The van der Waals surface area contributed by atoms with Crippen LogP contribution in [0.25, 0.3) is 11.1 Å². The lowest BCUT2D eigenvalue weighted by Crippen LogP contribution is -2.60. The maximum absolute atomic E-state index is 16.3. The van der Waals surface area contributed by atoms with Crippen molar-refractivity contribution >= 4 is 87.3 Å². The molecule has 0 aromatic heterocycles. The molecule has 5 aliphatic heterocycles. The van der Waals surface area contributed by atoms with Gasteiger partial charge in [0.1, 0.15) is 70.6 Å². The molecule has 5 aliphatic rings. The van der Waals surface area contributed by atoms with Crippen molar-refractivity contribution in [3.8, 4) is 63.2 Å². The number of nitriles is 1. The predicted molar refractivity (Wildman–Crippen MR) is 398 cm³/mol. The number of ether oxygens (including phenoxy) is 8. The van der Waals surface area contributed by atoms with Crippen molar-refractivity contribution in [3.05, 3.63) is 117 Å². The van der Waals surface area contributed by atoms with Gasteiger partial charge < -0.3 is 78.6 Å². The Balaban J connectivity index is 1.44. The molecule has 7 amide bonds. The monoisotopic (exact) mass is 1520 g/mol. The number of benzene rings is 5. The Hall–Kier alpha value is -9.12.